The Bertz CT molecular complexity index is 438. The van der Waals surface area contributed by atoms with E-state index in [9.17, 15) is 0 Å². The van der Waals surface area contributed by atoms with E-state index in [1.165, 1.54) is 32.1 Å². The van der Waals surface area contributed by atoms with Gasteiger partial charge < -0.3 is 15.0 Å². The zero-order valence-corrected chi connectivity index (χ0v) is 13.6. The molecule has 0 aliphatic carbocycles. The van der Waals surface area contributed by atoms with E-state index in [4.69, 9.17) is 9.72 Å². The molecule has 1 aliphatic rings. The van der Waals surface area contributed by atoms with Crippen LogP contribution < -0.4 is 10.2 Å². The summed E-state index contributed by atoms with van der Waals surface area (Å²) < 4.78 is 5.47. The Labute approximate surface area is 128 Å². The van der Waals surface area contributed by atoms with Crippen LogP contribution in [0.5, 0.6) is 0 Å². The van der Waals surface area contributed by atoms with Crippen molar-refractivity contribution >= 4 is 11.6 Å². The molecule has 0 bridgehead atoms. The number of anilines is 2. The van der Waals surface area contributed by atoms with Crippen LogP contribution in [0.2, 0.25) is 0 Å². The lowest BCUT2D eigenvalue weighted by atomic mass is 10.1. The van der Waals surface area contributed by atoms with Crippen molar-refractivity contribution in [2.45, 2.75) is 58.6 Å². The fourth-order valence-electron chi connectivity index (χ4n) is 2.92. The van der Waals surface area contributed by atoms with E-state index in [1.807, 2.05) is 14.0 Å². The highest BCUT2D eigenvalue weighted by molar-refractivity contribution is 5.50. The lowest BCUT2D eigenvalue weighted by Crippen LogP contribution is -2.35. The van der Waals surface area contributed by atoms with Gasteiger partial charge in [-0.15, -0.1) is 0 Å². The van der Waals surface area contributed by atoms with Crippen LogP contribution in [0.1, 0.15) is 51.8 Å². The summed E-state index contributed by atoms with van der Waals surface area (Å²) in [5.41, 5.74) is 0. The summed E-state index contributed by atoms with van der Waals surface area (Å²) >= 11 is 0. The molecule has 1 aromatic rings. The van der Waals surface area contributed by atoms with E-state index < -0.39 is 0 Å². The highest BCUT2D eigenvalue weighted by Gasteiger charge is 2.21. The fourth-order valence-corrected chi connectivity index (χ4v) is 2.92. The van der Waals surface area contributed by atoms with Crippen molar-refractivity contribution in [3.8, 4) is 0 Å². The molecule has 5 nitrogen and oxygen atoms in total. The molecule has 0 radical (unpaired) electrons. The quantitative estimate of drug-likeness (QED) is 0.872. The van der Waals surface area contributed by atoms with Gasteiger partial charge in [0.1, 0.15) is 18.2 Å². The number of rotatable bonds is 6. The fraction of sp³-hybridized carbons (Fsp3) is 0.750. The average Bonchev–Trinajstić information content (AvgIpc) is 2.77. The van der Waals surface area contributed by atoms with Crippen LogP contribution in [0.15, 0.2) is 6.07 Å². The van der Waals surface area contributed by atoms with Crippen LogP contribution in [-0.4, -0.2) is 36.2 Å². The molecule has 21 heavy (non-hydrogen) atoms. The minimum absolute atomic E-state index is 0.476. The lowest BCUT2D eigenvalue weighted by molar-refractivity contribution is 0.128. The largest absolute Gasteiger partial charge is 0.374 e. The zero-order valence-electron chi connectivity index (χ0n) is 13.6. The number of aromatic nitrogens is 2. The van der Waals surface area contributed by atoms with E-state index in [2.05, 4.69) is 28.2 Å². The molecule has 0 amide bonds. The van der Waals surface area contributed by atoms with Crippen LogP contribution in [0.4, 0.5) is 11.6 Å². The molecular weight excluding hydrogens is 264 g/mol. The molecule has 0 saturated carbocycles. The van der Waals surface area contributed by atoms with Gasteiger partial charge in [-0.05, 0) is 26.2 Å². The highest BCUT2D eigenvalue weighted by Crippen LogP contribution is 2.26. The van der Waals surface area contributed by atoms with Crippen molar-refractivity contribution < 1.29 is 4.74 Å². The van der Waals surface area contributed by atoms with Crippen LogP contribution in [-0.2, 0) is 11.3 Å². The van der Waals surface area contributed by atoms with Crippen molar-refractivity contribution in [1.82, 2.24) is 9.97 Å². The summed E-state index contributed by atoms with van der Waals surface area (Å²) in [5.74, 6) is 2.67. The molecule has 2 rings (SSSR count). The summed E-state index contributed by atoms with van der Waals surface area (Å²) in [6.45, 7) is 6.51. The molecular formula is C16H28N4O. The smallest absolute Gasteiger partial charge is 0.158 e. The van der Waals surface area contributed by atoms with Crippen LogP contribution in [0.3, 0.4) is 0 Å². The third kappa shape index (κ3) is 4.30. The van der Waals surface area contributed by atoms with E-state index in [0.29, 0.717) is 19.3 Å². The molecule has 1 saturated heterocycles. The predicted molar refractivity (Wildman–Crippen MR) is 86.8 cm³/mol. The summed E-state index contributed by atoms with van der Waals surface area (Å²) in [6.07, 6.45) is 6.32. The monoisotopic (exact) mass is 292 g/mol. The third-order valence-corrected chi connectivity index (χ3v) is 4.09. The van der Waals surface area contributed by atoms with Crippen molar-refractivity contribution in [2.24, 2.45) is 0 Å². The summed E-state index contributed by atoms with van der Waals surface area (Å²) in [7, 11) is 1.90. The Morgan fingerprint density at radius 1 is 1.29 bits per heavy atom. The summed E-state index contributed by atoms with van der Waals surface area (Å²) in [6, 6.07) is 2.65. The topological polar surface area (TPSA) is 50.3 Å². The number of nitrogens with one attached hydrogen (secondary N) is 1. The maximum absolute atomic E-state index is 5.47. The van der Waals surface area contributed by atoms with Crippen molar-refractivity contribution in [3.63, 3.8) is 0 Å². The summed E-state index contributed by atoms with van der Waals surface area (Å²) in [4.78, 5) is 11.7. The zero-order chi connectivity index (χ0) is 15.1. The van der Waals surface area contributed by atoms with Gasteiger partial charge >= 0.3 is 0 Å². The third-order valence-electron chi connectivity index (χ3n) is 4.09. The van der Waals surface area contributed by atoms with Gasteiger partial charge in [0.05, 0.1) is 0 Å². The minimum Gasteiger partial charge on any atom is -0.374 e. The first kappa shape index (κ1) is 16.0. The van der Waals surface area contributed by atoms with E-state index >= 15 is 0 Å². The van der Waals surface area contributed by atoms with Crippen molar-refractivity contribution in [1.29, 1.82) is 0 Å². The van der Waals surface area contributed by atoms with E-state index in [0.717, 1.165) is 24.0 Å². The van der Waals surface area contributed by atoms with Gasteiger partial charge in [-0.1, -0.05) is 19.8 Å². The van der Waals surface area contributed by atoms with Crippen molar-refractivity contribution in [3.05, 3.63) is 11.9 Å². The Kier molecular flexibility index (Phi) is 6.23. The molecule has 1 fully saturated rings. The molecule has 0 spiro atoms. The first-order valence-electron chi connectivity index (χ1n) is 8.18. The molecule has 1 aliphatic heterocycles. The highest BCUT2D eigenvalue weighted by atomic mass is 16.5. The van der Waals surface area contributed by atoms with Gasteiger partial charge in [-0.25, -0.2) is 9.97 Å². The standard InChI is InChI=1S/C16H28N4O/c1-4-13-9-7-6-8-10-20(13)16-11-14(17-3)18-15(19-16)12-21-5-2/h11,13H,4-10,12H2,1-3H3,(H,17,18,19). The number of ether oxygens (including phenoxy) is 1. The first-order chi connectivity index (χ1) is 10.3. The lowest BCUT2D eigenvalue weighted by Gasteiger charge is -2.30. The van der Waals surface area contributed by atoms with Crippen molar-refractivity contribution in [2.75, 3.05) is 30.4 Å². The van der Waals surface area contributed by atoms with Gasteiger partial charge in [0.25, 0.3) is 0 Å². The Morgan fingerprint density at radius 2 is 2.14 bits per heavy atom. The Hall–Kier alpha value is -1.36. The summed E-state index contributed by atoms with van der Waals surface area (Å²) in [5, 5.41) is 3.14. The molecule has 118 valence electrons. The van der Waals surface area contributed by atoms with Gasteiger partial charge in [-0.3, -0.25) is 0 Å². The first-order valence-corrected chi connectivity index (χ1v) is 8.18. The molecule has 0 aromatic carbocycles. The molecule has 1 aromatic heterocycles. The van der Waals surface area contributed by atoms with E-state index in [-0.39, 0.29) is 0 Å². The number of nitrogens with zero attached hydrogens (tertiary/aromatic N) is 3. The second-order valence-electron chi connectivity index (χ2n) is 5.52. The predicted octanol–water partition coefficient (Wildman–Crippen LogP) is 3.21. The maximum Gasteiger partial charge on any atom is 0.158 e. The minimum atomic E-state index is 0.476. The molecule has 5 heteroatoms. The van der Waals surface area contributed by atoms with Crippen LogP contribution in [0, 0.1) is 0 Å². The molecule has 1 atom stereocenters. The van der Waals surface area contributed by atoms with Gasteiger partial charge in [-0.2, -0.15) is 0 Å². The van der Waals surface area contributed by atoms with E-state index in [1.54, 1.807) is 0 Å². The van der Waals surface area contributed by atoms with Gasteiger partial charge in [0.2, 0.25) is 0 Å². The normalized spacial score (nSPS) is 19.4. The molecule has 2 heterocycles. The number of hydrogen-bond donors (Lipinski definition) is 1. The SMILES string of the molecule is CCOCc1nc(NC)cc(N2CCCCCC2CC)n1. The second kappa shape index (κ2) is 8.17. The van der Waals surface area contributed by atoms with Crippen LogP contribution >= 0.6 is 0 Å². The Morgan fingerprint density at radius 3 is 2.86 bits per heavy atom. The van der Waals surface area contributed by atoms with Crippen LogP contribution in [0.25, 0.3) is 0 Å². The average molecular weight is 292 g/mol. The maximum atomic E-state index is 5.47. The Balaban J connectivity index is 2.26. The molecule has 1 unspecified atom stereocenters. The molecule has 1 N–H and O–H groups in total. The second-order valence-corrected chi connectivity index (χ2v) is 5.52. The van der Waals surface area contributed by atoms with Gasteiger partial charge in [0.15, 0.2) is 5.82 Å². The number of hydrogen-bond acceptors (Lipinski definition) is 5. The van der Waals surface area contributed by atoms with Gasteiger partial charge in [0, 0.05) is 32.3 Å².